The zero-order chi connectivity index (χ0) is 9.56. The molecule has 0 rings (SSSR count). The summed E-state index contributed by atoms with van der Waals surface area (Å²) in [6.07, 6.45) is 1.04. The van der Waals surface area contributed by atoms with Gasteiger partial charge in [-0.3, -0.25) is 0 Å². The Kier molecular flexibility index (Phi) is 6.02. The Morgan fingerprint density at radius 1 is 1.75 bits per heavy atom. The summed E-state index contributed by atoms with van der Waals surface area (Å²) in [6, 6.07) is 0. The molecule has 1 N–H and O–H groups in total. The van der Waals surface area contributed by atoms with Crippen LogP contribution in [-0.2, 0) is 9.53 Å². The maximum atomic E-state index is 10.3. The van der Waals surface area contributed by atoms with E-state index < -0.39 is 5.97 Å². The maximum Gasteiger partial charge on any atom is 0.328 e. The highest BCUT2D eigenvalue weighted by molar-refractivity contribution is 9.09. The van der Waals surface area contributed by atoms with Crippen molar-refractivity contribution in [3.8, 4) is 0 Å². The molecule has 0 heterocycles. The second kappa shape index (κ2) is 6.20. The summed E-state index contributed by atoms with van der Waals surface area (Å²) in [5, 5.41) is 9.01. The third-order valence-corrected chi connectivity index (χ3v) is 2.05. The van der Waals surface area contributed by atoms with Crippen LogP contribution in [0.1, 0.15) is 13.8 Å². The molecule has 70 valence electrons. The first-order valence-electron chi connectivity index (χ1n) is 3.72. The van der Waals surface area contributed by atoms with Crippen molar-refractivity contribution >= 4 is 21.9 Å². The Labute approximate surface area is 80.5 Å². The van der Waals surface area contributed by atoms with Gasteiger partial charge < -0.3 is 9.84 Å². The molecule has 4 heteroatoms. The lowest BCUT2D eigenvalue weighted by Gasteiger charge is -2.12. The lowest BCUT2D eigenvalue weighted by Crippen LogP contribution is -2.13. The number of ether oxygens (including phenoxy) is 1. The highest BCUT2D eigenvalue weighted by atomic mass is 79.9. The van der Waals surface area contributed by atoms with E-state index in [2.05, 4.69) is 15.9 Å². The summed E-state index contributed by atoms with van der Waals surface area (Å²) in [5.74, 6) is -0.934. The van der Waals surface area contributed by atoms with Crippen LogP contribution in [0.15, 0.2) is 11.6 Å². The topological polar surface area (TPSA) is 46.5 Å². The molecule has 0 aromatic heterocycles. The van der Waals surface area contributed by atoms with Crippen molar-refractivity contribution in [3.05, 3.63) is 11.6 Å². The number of hydrogen-bond acceptors (Lipinski definition) is 2. The summed E-state index contributed by atoms with van der Waals surface area (Å²) < 4.78 is 5.23. The monoisotopic (exact) mass is 236 g/mol. The van der Waals surface area contributed by atoms with E-state index in [-0.39, 0.29) is 6.10 Å². The van der Waals surface area contributed by atoms with Gasteiger partial charge in [-0.05, 0) is 19.4 Å². The Morgan fingerprint density at radius 3 is 2.67 bits per heavy atom. The third-order valence-electron chi connectivity index (χ3n) is 1.40. The molecule has 0 aliphatic carbocycles. The van der Waals surface area contributed by atoms with Crippen molar-refractivity contribution in [2.75, 3.05) is 11.9 Å². The lowest BCUT2D eigenvalue weighted by atomic mass is 10.2. The molecule has 0 saturated heterocycles. The Morgan fingerprint density at radius 2 is 2.33 bits per heavy atom. The first kappa shape index (κ1) is 11.6. The number of carbonyl (C=O) groups is 1. The van der Waals surface area contributed by atoms with E-state index in [4.69, 9.17) is 9.84 Å². The first-order chi connectivity index (χ1) is 5.61. The average Bonchev–Trinajstić information content (AvgIpc) is 2.00. The van der Waals surface area contributed by atoms with E-state index in [1.54, 1.807) is 0 Å². The van der Waals surface area contributed by atoms with Crippen molar-refractivity contribution in [2.45, 2.75) is 20.0 Å². The van der Waals surface area contributed by atoms with Crippen molar-refractivity contribution in [1.82, 2.24) is 0 Å². The van der Waals surface area contributed by atoms with Crippen LogP contribution in [0.2, 0.25) is 0 Å². The van der Waals surface area contributed by atoms with Gasteiger partial charge in [-0.25, -0.2) is 4.79 Å². The van der Waals surface area contributed by atoms with Gasteiger partial charge in [0.1, 0.15) is 0 Å². The summed E-state index contributed by atoms with van der Waals surface area (Å²) >= 11 is 3.20. The zero-order valence-corrected chi connectivity index (χ0v) is 8.80. The lowest BCUT2D eigenvalue weighted by molar-refractivity contribution is -0.131. The van der Waals surface area contributed by atoms with Crippen LogP contribution in [0.4, 0.5) is 0 Å². The Bertz CT molecular complexity index is 177. The normalized spacial score (nSPS) is 14.4. The maximum absolute atomic E-state index is 10.3. The molecular formula is C8H13BrO3. The van der Waals surface area contributed by atoms with Crippen LogP contribution < -0.4 is 0 Å². The Hall–Kier alpha value is -0.350. The standard InChI is InChI=1S/C8H13BrO3/c1-3-12-6(2)7(5-9)4-8(10)11/h4,6H,3,5H2,1-2H3,(H,10,11)/b7-4-. The first-order valence-corrected chi connectivity index (χ1v) is 4.84. The molecular weight excluding hydrogens is 224 g/mol. The average molecular weight is 237 g/mol. The van der Waals surface area contributed by atoms with E-state index in [0.717, 1.165) is 5.57 Å². The van der Waals surface area contributed by atoms with Gasteiger partial charge in [0, 0.05) is 18.0 Å². The number of hydrogen-bond donors (Lipinski definition) is 1. The van der Waals surface area contributed by atoms with Gasteiger partial charge in [0.25, 0.3) is 0 Å². The summed E-state index contributed by atoms with van der Waals surface area (Å²) in [7, 11) is 0. The molecule has 0 aliphatic rings. The minimum atomic E-state index is -0.934. The number of carboxylic acids is 1. The number of alkyl halides is 1. The number of rotatable bonds is 5. The molecule has 12 heavy (non-hydrogen) atoms. The number of carboxylic acid groups (broad SMARTS) is 1. The molecule has 0 spiro atoms. The molecule has 0 bridgehead atoms. The SMILES string of the molecule is CCOC(C)/C(=C\C(=O)O)CBr. The molecule has 0 aromatic rings. The van der Waals surface area contributed by atoms with E-state index in [9.17, 15) is 4.79 Å². The van der Waals surface area contributed by atoms with Crippen molar-refractivity contribution in [2.24, 2.45) is 0 Å². The predicted octanol–water partition coefficient (Wildman–Crippen LogP) is 1.82. The van der Waals surface area contributed by atoms with Gasteiger partial charge in [0.2, 0.25) is 0 Å². The van der Waals surface area contributed by atoms with Crippen LogP contribution in [0.25, 0.3) is 0 Å². The quantitative estimate of drug-likeness (QED) is 0.586. The van der Waals surface area contributed by atoms with Crippen molar-refractivity contribution in [1.29, 1.82) is 0 Å². The summed E-state index contributed by atoms with van der Waals surface area (Å²) in [5.41, 5.74) is 0.740. The van der Waals surface area contributed by atoms with Gasteiger partial charge in [-0.15, -0.1) is 0 Å². The Balaban J connectivity index is 4.22. The molecule has 0 aliphatic heterocycles. The van der Waals surface area contributed by atoms with E-state index >= 15 is 0 Å². The fourth-order valence-corrected chi connectivity index (χ4v) is 1.40. The summed E-state index contributed by atoms with van der Waals surface area (Å²) in [6.45, 7) is 4.30. The van der Waals surface area contributed by atoms with Crippen molar-refractivity contribution < 1.29 is 14.6 Å². The molecule has 0 aromatic carbocycles. The fourth-order valence-electron chi connectivity index (χ4n) is 0.780. The van der Waals surface area contributed by atoms with Crippen LogP contribution in [0.5, 0.6) is 0 Å². The highest BCUT2D eigenvalue weighted by Crippen LogP contribution is 2.09. The minimum Gasteiger partial charge on any atom is -0.478 e. The smallest absolute Gasteiger partial charge is 0.328 e. The van der Waals surface area contributed by atoms with Gasteiger partial charge in [-0.1, -0.05) is 15.9 Å². The minimum absolute atomic E-state index is 0.134. The molecule has 1 atom stereocenters. The molecule has 0 amide bonds. The van der Waals surface area contributed by atoms with E-state index in [0.29, 0.717) is 11.9 Å². The molecule has 0 saturated carbocycles. The number of aliphatic carboxylic acids is 1. The van der Waals surface area contributed by atoms with E-state index in [1.807, 2.05) is 13.8 Å². The highest BCUT2D eigenvalue weighted by Gasteiger charge is 2.08. The second-order valence-electron chi connectivity index (χ2n) is 2.29. The van der Waals surface area contributed by atoms with Gasteiger partial charge in [-0.2, -0.15) is 0 Å². The summed E-state index contributed by atoms with van der Waals surface area (Å²) in [4.78, 5) is 10.3. The molecule has 1 unspecified atom stereocenters. The van der Waals surface area contributed by atoms with Crippen LogP contribution >= 0.6 is 15.9 Å². The van der Waals surface area contributed by atoms with E-state index in [1.165, 1.54) is 6.08 Å². The second-order valence-corrected chi connectivity index (χ2v) is 2.85. The van der Waals surface area contributed by atoms with Gasteiger partial charge in [0.15, 0.2) is 0 Å². The fraction of sp³-hybridized carbons (Fsp3) is 0.625. The number of halogens is 1. The van der Waals surface area contributed by atoms with Gasteiger partial charge in [0.05, 0.1) is 6.10 Å². The zero-order valence-electron chi connectivity index (χ0n) is 7.21. The van der Waals surface area contributed by atoms with Crippen LogP contribution in [0.3, 0.4) is 0 Å². The molecule has 0 radical (unpaired) electrons. The van der Waals surface area contributed by atoms with Crippen molar-refractivity contribution in [3.63, 3.8) is 0 Å². The molecule has 3 nitrogen and oxygen atoms in total. The molecule has 0 fully saturated rings. The van der Waals surface area contributed by atoms with Crippen LogP contribution in [-0.4, -0.2) is 29.1 Å². The largest absolute Gasteiger partial charge is 0.478 e. The van der Waals surface area contributed by atoms with Crippen LogP contribution in [0, 0.1) is 0 Å². The predicted molar refractivity (Wildman–Crippen MR) is 50.6 cm³/mol. The third kappa shape index (κ3) is 4.51. The van der Waals surface area contributed by atoms with Gasteiger partial charge >= 0.3 is 5.97 Å².